The molecule has 15 heavy (non-hydrogen) atoms. The molecule has 6 heteroatoms. The van der Waals surface area contributed by atoms with Crippen molar-refractivity contribution in [1.82, 2.24) is 9.88 Å². The van der Waals surface area contributed by atoms with Gasteiger partial charge in [-0.15, -0.1) is 11.6 Å². The highest BCUT2D eigenvalue weighted by Crippen LogP contribution is 2.29. The number of hydrogen-bond acceptors (Lipinski definition) is 4. The zero-order valence-corrected chi connectivity index (χ0v) is 11.5. The van der Waals surface area contributed by atoms with Crippen LogP contribution in [0.15, 0.2) is 0 Å². The summed E-state index contributed by atoms with van der Waals surface area (Å²) in [6.07, 6.45) is 0. The summed E-state index contributed by atoms with van der Waals surface area (Å²) in [5.41, 5.74) is 0. The van der Waals surface area contributed by atoms with Crippen molar-refractivity contribution in [3.63, 3.8) is 0 Å². The second-order valence-electron chi connectivity index (χ2n) is 3.57. The second-order valence-corrected chi connectivity index (χ2v) is 5.26. The van der Waals surface area contributed by atoms with Gasteiger partial charge in [0.2, 0.25) is 0 Å². The molecule has 0 bridgehead atoms. The average Bonchev–Trinajstić information content (AvgIpc) is 2.56. The molecule has 0 amide bonds. The van der Waals surface area contributed by atoms with Crippen LogP contribution in [0.3, 0.4) is 0 Å². The maximum atomic E-state index is 5.93. The molecule has 0 aliphatic carbocycles. The van der Waals surface area contributed by atoms with Crippen molar-refractivity contribution in [1.29, 1.82) is 0 Å². The predicted octanol–water partition coefficient (Wildman–Crippen LogP) is 2.53. The van der Waals surface area contributed by atoms with Gasteiger partial charge in [0.05, 0.1) is 10.8 Å². The Morgan fingerprint density at radius 2 is 1.93 bits per heavy atom. The molecule has 0 saturated carbocycles. The molecule has 1 aromatic rings. The third-order valence-electron chi connectivity index (χ3n) is 1.97. The summed E-state index contributed by atoms with van der Waals surface area (Å²) >= 11 is 13.2. The van der Waals surface area contributed by atoms with Crippen LogP contribution in [0.2, 0.25) is 5.15 Å². The van der Waals surface area contributed by atoms with Gasteiger partial charge in [-0.1, -0.05) is 22.9 Å². The molecule has 1 heterocycles. The second kappa shape index (κ2) is 5.89. The quantitative estimate of drug-likeness (QED) is 0.765. The molecule has 0 radical (unpaired) electrons. The molecule has 0 saturated heterocycles. The summed E-state index contributed by atoms with van der Waals surface area (Å²) in [5, 5.41) is 1.46. The van der Waals surface area contributed by atoms with Crippen LogP contribution in [0.4, 0.5) is 5.13 Å². The third-order valence-corrected chi connectivity index (χ3v) is 3.99. The molecule has 1 aromatic heterocycles. The van der Waals surface area contributed by atoms with Crippen LogP contribution in [0.5, 0.6) is 0 Å². The number of alkyl halides is 1. The minimum Gasteiger partial charge on any atom is -0.350 e. The molecule has 0 unspecified atom stereocenters. The molecule has 0 N–H and O–H groups in total. The normalized spacial score (nSPS) is 11.1. The van der Waals surface area contributed by atoms with E-state index in [1.807, 2.05) is 21.1 Å². The van der Waals surface area contributed by atoms with E-state index in [1.54, 1.807) is 11.3 Å². The van der Waals surface area contributed by atoms with Crippen LogP contribution in [0, 0.1) is 0 Å². The third kappa shape index (κ3) is 3.79. The van der Waals surface area contributed by atoms with Gasteiger partial charge in [-0.25, -0.2) is 4.98 Å². The zero-order valence-electron chi connectivity index (χ0n) is 9.13. The lowest BCUT2D eigenvalue weighted by Crippen LogP contribution is -2.28. The number of thiazole rings is 1. The van der Waals surface area contributed by atoms with Crippen molar-refractivity contribution >= 4 is 39.7 Å². The molecule has 1 rings (SSSR count). The highest BCUT2D eigenvalue weighted by Gasteiger charge is 2.11. The van der Waals surface area contributed by atoms with Crippen LogP contribution in [-0.2, 0) is 5.88 Å². The Labute approximate surface area is 105 Å². The lowest BCUT2D eigenvalue weighted by Gasteiger charge is -2.18. The van der Waals surface area contributed by atoms with Crippen LogP contribution in [0.25, 0.3) is 0 Å². The first-order valence-corrected chi connectivity index (χ1v) is 6.34. The topological polar surface area (TPSA) is 19.4 Å². The first-order chi connectivity index (χ1) is 7.04. The van der Waals surface area contributed by atoms with Crippen LogP contribution in [-0.4, -0.2) is 44.1 Å². The number of nitrogens with zero attached hydrogens (tertiary/aromatic N) is 3. The molecular formula is C9H15Cl2N3S. The van der Waals surface area contributed by atoms with Crippen molar-refractivity contribution in [3.05, 3.63) is 10.0 Å². The lowest BCUT2D eigenvalue weighted by atomic mass is 10.5. The summed E-state index contributed by atoms with van der Waals surface area (Å²) in [5.74, 6) is 0.429. The van der Waals surface area contributed by atoms with Crippen molar-refractivity contribution in [2.24, 2.45) is 0 Å². The number of halogens is 2. The van der Waals surface area contributed by atoms with Gasteiger partial charge in [0.25, 0.3) is 0 Å². The smallest absolute Gasteiger partial charge is 0.186 e. The molecular weight excluding hydrogens is 253 g/mol. The SMILES string of the molecule is CN(C)CCN(C)c1nc(Cl)c(CCl)s1. The molecule has 86 valence electrons. The Morgan fingerprint density at radius 1 is 1.27 bits per heavy atom. The molecule has 0 aliphatic heterocycles. The van der Waals surface area contributed by atoms with Gasteiger partial charge >= 0.3 is 0 Å². The highest BCUT2D eigenvalue weighted by molar-refractivity contribution is 7.16. The van der Waals surface area contributed by atoms with Crippen LogP contribution in [0.1, 0.15) is 4.88 Å². The monoisotopic (exact) mass is 267 g/mol. The Bertz CT molecular complexity index is 314. The van der Waals surface area contributed by atoms with Gasteiger partial charge < -0.3 is 9.80 Å². The minimum absolute atomic E-state index is 0.429. The summed E-state index contributed by atoms with van der Waals surface area (Å²) in [6.45, 7) is 1.92. The van der Waals surface area contributed by atoms with E-state index in [-0.39, 0.29) is 0 Å². The molecule has 0 spiro atoms. The van der Waals surface area contributed by atoms with Crippen molar-refractivity contribution in [3.8, 4) is 0 Å². The van der Waals surface area contributed by atoms with Crippen molar-refractivity contribution in [2.45, 2.75) is 5.88 Å². The van der Waals surface area contributed by atoms with E-state index in [1.165, 1.54) is 0 Å². The number of hydrogen-bond donors (Lipinski definition) is 0. The predicted molar refractivity (Wildman–Crippen MR) is 68.5 cm³/mol. The first kappa shape index (κ1) is 13.0. The Balaban J connectivity index is 2.61. The van der Waals surface area contributed by atoms with Gasteiger partial charge in [-0.2, -0.15) is 0 Å². The maximum Gasteiger partial charge on any atom is 0.186 e. The van der Waals surface area contributed by atoms with E-state index in [2.05, 4.69) is 14.8 Å². The summed E-state index contributed by atoms with van der Waals surface area (Å²) in [6, 6.07) is 0. The standard InChI is InChI=1S/C9H15Cl2N3S/c1-13(2)4-5-14(3)9-12-8(11)7(6-10)15-9/h4-6H2,1-3H3. The average molecular weight is 268 g/mol. The van der Waals surface area contributed by atoms with Crippen molar-refractivity contribution in [2.75, 3.05) is 39.1 Å². The fourth-order valence-electron chi connectivity index (χ4n) is 1.01. The molecule has 0 fully saturated rings. The van der Waals surface area contributed by atoms with E-state index >= 15 is 0 Å². The van der Waals surface area contributed by atoms with Gasteiger partial charge in [0, 0.05) is 20.1 Å². The first-order valence-electron chi connectivity index (χ1n) is 4.61. The summed E-state index contributed by atoms with van der Waals surface area (Å²) in [7, 11) is 6.11. The highest BCUT2D eigenvalue weighted by atomic mass is 35.5. The van der Waals surface area contributed by atoms with Gasteiger partial charge in [0.1, 0.15) is 5.15 Å². The number of aromatic nitrogens is 1. The van der Waals surface area contributed by atoms with Crippen molar-refractivity contribution < 1.29 is 0 Å². The van der Waals surface area contributed by atoms with Gasteiger partial charge in [-0.05, 0) is 14.1 Å². The van der Waals surface area contributed by atoms with E-state index in [4.69, 9.17) is 23.2 Å². The Kier molecular flexibility index (Phi) is 5.12. The number of anilines is 1. The van der Waals surface area contributed by atoms with E-state index in [9.17, 15) is 0 Å². The molecule has 0 atom stereocenters. The number of likely N-dealkylation sites (N-methyl/N-ethyl adjacent to an activating group) is 2. The largest absolute Gasteiger partial charge is 0.350 e. The maximum absolute atomic E-state index is 5.93. The summed E-state index contributed by atoms with van der Waals surface area (Å²) < 4.78 is 0. The van der Waals surface area contributed by atoms with E-state index < -0.39 is 0 Å². The van der Waals surface area contributed by atoms with Gasteiger partial charge in [-0.3, -0.25) is 0 Å². The van der Waals surface area contributed by atoms with E-state index in [0.717, 1.165) is 23.1 Å². The number of rotatable bonds is 5. The fourth-order valence-corrected chi connectivity index (χ4v) is 2.47. The minimum atomic E-state index is 0.429. The Morgan fingerprint density at radius 3 is 2.40 bits per heavy atom. The van der Waals surface area contributed by atoms with Crippen LogP contribution >= 0.6 is 34.5 Å². The van der Waals surface area contributed by atoms with E-state index in [0.29, 0.717) is 11.0 Å². The van der Waals surface area contributed by atoms with Crippen LogP contribution < -0.4 is 4.90 Å². The summed E-state index contributed by atoms with van der Waals surface area (Å²) in [4.78, 5) is 9.42. The zero-order chi connectivity index (χ0) is 11.4. The molecule has 3 nitrogen and oxygen atoms in total. The molecule has 0 aliphatic rings. The van der Waals surface area contributed by atoms with Gasteiger partial charge in [0.15, 0.2) is 5.13 Å². The lowest BCUT2D eigenvalue weighted by molar-refractivity contribution is 0.416. The molecule has 0 aromatic carbocycles. The Hall–Kier alpha value is -0.0300. The fraction of sp³-hybridized carbons (Fsp3) is 0.667.